The van der Waals surface area contributed by atoms with Gasteiger partial charge in [0.05, 0.1) is 6.61 Å². The lowest BCUT2D eigenvalue weighted by atomic mass is 10.0. The van der Waals surface area contributed by atoms with Crippen molar-refractivity contribution in [3.8, 4) is 0 Å². The zero-order chi connectivity index (χ0) is 39.6. The first-order chi connectivity index (χ1) is 26.3. The summed E-state index contributed by atoms with van der Waals surface area (Å²) in [6, 6.07) is 0. The van der Waals surface area contributed by atoms with E-state index >= 15 is 0 Å². The van der Waals surface area contributed by atoms with E-state index < -0.39 is 32.5 Å². The van der Waals surface area contributed by atoms with E-state index in [0.29, 0.717) is 6.42 Å². The van der Waals surface area contributed by atoms with Gasteiger partial charge in [0.15, 0.2) is 6.10 Å². The molecule has 0 aliphatic heterocycles. The van der Waals surface area contributed by atoms with E-state index in [1.54, 1.807) is 0 Å². The van der Waals surface area contributed by atoms with Gasteiger partial charge in [0.1, 0.15) is 6.61 Å². The molecule has 8 nitrogen and oxygen atoms in total. The van der Waals surface area contributed by atoms with Gasteiger partial charge >= 0.3 is 19.8 Å². The van der Waals surface area contributed by atoms with Crippen molar-refractivity contribution in [2.24, 2.45) is 0 Å². The molecule has 0 saturated carbocycles. The molecule has 0 aromatic rings. The Morgan fingerprint density at radius 3 is 1.28 bits per heavy atom. The Balaban J connectivity index is 3.87. The number of ether oxygens (including phenoxy) is 2. The Hall–Kier alpha value is -1.73. The number of unbranched alkanes of at least 4 members (excludes halogenated alkanes) is 25. The third kappa shape index (κ3) is 43.0. The van der Waals surface area contributed by atoms with E-state index in [0.717, 1.165) is 57.8 Å². The van der Waals surface area contributed by atoms with Crippen LogP contribution in [0, 0.1) is 0 Å². The maximum absolute atomic E-state index is 12.4. The van der Waals surface area contributed by atoms with E-state index in [-0.39, 0.29) is 19.4 Å². The zero-order valence-electron chi connectivity index (χ0n) is 34.9. The number of carbonyl (C=O) groups excluding carboxylic acids is 2. The van der Waals surface area contributed by atoms with Crippen LogP contribution in [0.15, 0.2) is 36.5 Å². The normalized spacial score (nSPS) is 12.7. The SMILES string of the molecule is CCCCC/C=C\C/C=C\CCCCCCCC(=O)O[C@H](COC(=O)CCCCCCCCCCCCC/C=C\CCCCCCCC)COP(=O)(O)O. The molecule has 0 unspecified atom stereocenters. The van der Waals surface area contributed by atoms with Crippen LogP contribution in [-0.4, -0.2) is 41.0 Å². The van der Waals surface area contributed by atoms with Gasteiger partial charge in [0.25, 0.3) is 0 Å². The van der Waals surface area contributed by atoms with E-state index in [1.165, 1.54) is 128 Å². The molecular formula is C45H83O8P. The molecule has 0 fully saturated rings. The summed E-state index contributed by atoms with van der Waals surface area (Å²) in [5, 5.41) is 0. The van der Waals surface area contributed by atoms with Crippen LogP contribution in [-0.2, 0) is 28.2 Å². The quantitative estimate of drug-likeness (QED) is 0.0272. The molecule has 9 heteroatoms. The summed E-state index contributed by atoms with van der Waals surface area (Å²) in [6.45, 7) is 3.66. The number of esters is 2. The molecule has 0 rings (SSSR count). The standard InChI is InChI=1S/C45H83O8P/c1-3-5-7-9-11-13-15-17-19-20-21-22-23-24-26-27-29-31-33-35-37-39-44(46)51-41-43(42-52-54(48,49)50)53-45(47)40-38-36-34-32-30-28-25-18-16-14-12-10-8-6-4-2/h12,14,17-19,25,43H,3-11,13,15-16,20-24,26-42H2,1-2H3,(H2,48,49,50)/b14-12-,19-17-,25-18-/t43-/m1/s1. The zero-order valence-corrected chi connectivity index (χ0v) is 35.8. The summed E-state index contributed by atoms with van der Waals surface area (Å²) < 4.78 is 26.4. The minimum atomic E-state index is -4.76. The second kappa shape index (κ2) is 40.9. The molecule has 2 N–H and O–H groups in total. The van der Waals surface area contributed by atoms with Gasteiger partial charge in [0.2, 0.25) is 0 Å². The predicted molar refractivity (Wildman–Crippen MR) is 225 cm³/mol. The molecule has 316 valence electrons. The average Bonchev–Trinajstić information content (AvgIpc) is 3.14. The fraction of sp³-hybridized carbons (Fsp3) is 0.822. The minimum Gasteiger partial charge on any atom is -0.462 e. The molecule has 0 aliphatic carbocycles. The van der Waals surface area contributed by atoms with Gasteiger partial charge in [-0.05, 0) is 70.6 Å². The Kier molecular flexibility index (Phi) is 39.6. The van der Waals surface area contributed by atoms with Crippen LogP contribution in [0.2, 0.25) is 0 Å². The number of hydrogen-bond donors (Lipinski definition) is 2. The largest absolute Gasteiger partial charge is 0.469 e. The predicted octanol–water partition coefficient (Wildman–Crippen LogP) is 13.7. The van der Waals surface area contributed by atoms with Gasteiger partial charge in [-0.25, -0.2) is 4.57 Å². The number of carbonyl (C=O) groups is 2. The van der Waals surface area contributed by atoms with Gasteiger partial charge in [-0.1, -0.05) is 172 Å². The first kappa shape index (κ1) is 52.3. The van der Waals surface area contributed by atoms with Gasteiger partial charge in [0, 0.05) is 12.8 Å². The van der Waals surface area contributed by atoms with Crippen LogP contribution < -0.4 is 0 Å². The maximum atomic E-state index is 12.4. The second-order valence-electron chi connectivity index (χ2n) is 15.0. The number of rotatable bonds is 41. The van der Waals surface area contributed by atoms with Crippen molar-refractivity contribution in [2.45, 2.75) is 225 Å². The minimum absolute atomic E-state index is 0.197. The number of phosphoric ester groups is 1. The molecule has 1 atom stereocenters. The van der Waals surface area contributed by atoms with E-state index in [1.807, 2.05) is 0 Å². The first-order valence-electron chi connectivity index (χ1n) is 22.3. The fourth-order valence-corrected chi connectivity index (χ4v) is 6.64. The van der Waals surface area contributed by atoms with Crippen LogP contribution in [0.5, 0.6) is 0 Å². The van der Waals surface area contributed by atoms with Crippen molar-refractivity contribution in [3.63, 3.8) is 0 Å². The molecule has 0 spiro atoms. The highest BCUT2D eigenvalue weighted by Crippen LogP contribution is 2.36. The summed E-state index contributed by atoms with van der Waals surface area (Å²) in [4.78, 5) is 42.9. The van der Waals surface area contributed by atoms with Gasteiger partial charge in [-0.3, -0.25) is 14.1 Å². The average molecular weight is 783 g/mol. The Morgan fingerprint density at radius 2 is 0.833 bits per heavy atom. The van der Waals surface area contributed by atoms with Crippen molar-refractivity contribution in [2.75, 3.05) is 13.2 Å². The molecule has 0 saturated heterocycles. The molecule has 0 amide bonds. The summed E-state index contributed by atoms with van der Waals surface area (Å²) in [5.74, 6) is -0.896. The summed E-state index contributed by atoms with van der Waals surface area (Å²) >= 11 is 0. The lowest BCUT2D eigenvalue weighted by molar-refractivity contribution is -0.161. The van der Waals surface area contributed by atoms with E-state index in [4.69, 9.17) is 19.3 Å². The lowest BCUT2D eigenvalue weighted by Crippen LogP contribution is -2.29. The molecule has 0 heterocycles. The van der Waals surface area contributed by atoms with Crippen molar-refractivity contribution in [1.82, 2.24) is 0 Å². The first-order valence-corrected chi connectivity index (χ1v) is 23.8. The second-order valence-corrected chi connectivity index (χ2v) is 16.3. The summed E-state index contributed by atoms with van der Waals surface area (Å²) in [5.41, 5.74) is 0. The molecule has 0 aromatic heterocycles. The molecule has 0 aromatic carbocycles. The van der Waals surface area contributed by atoms with Gasteiger partial charge < -0.3 is 19.3 Å². The lowest BCUT2D eigenvalue weighted by Gasteiger charge is -2.18. The van der Waals surface area contributed by atoms with E-state index in [9.17, 15) is 14.2 Å². The van der Waals surface area contributed by atoms with Crippen LogP contribution in [0.3, 0.4) is 0 Å². The Morgan fingerprint density at radius 1 is 0.481 bits per heavy atom. The van der Waals surface area contributed by atoms with Crippen LogP contribution in [0.4, 0.5) is 0 Å². The molecule has 0 bridgehead atoms. The van der Waals surface area contributed by atoms with Crippen molar-refractivity contribution in [1.29, 1.82) is 0 Å². The molecular weight excluding hydrogens is 699 g/mol. The third-order valence-electron chi connectivity index (χ3n) is 9.63. The summed E-state index contributed by atoms with van der Waals surface area (Å²) in [6.07, 6.45) is 48.7. The van der Waals surface area contributed by atoms with E-state index in [2.05, 4.69) is 54.8 Å². The topological polar surface area (TPSA) is 119 Å². The molecule has 0 aliphatic rings. The molecule has 0 radical (unpaired) electrons. The smallest absolute Gasteiger partial charge is 0.462 e. The van der Waals surface area contributed by atoms with Crippen molar-refractivity contribution in [3.05, 3.63) is 36.5 Å². The highest BCUT2D eigenvalue weighted by atomic mass is 31.2. The highest BCUT2D eigenvalue weighted by molar-refractivity contribution is 7.46. The summed E-state index contributed by atoms with van der Waals surface area (Å²) in [7, 11) is -4.76. The Bertz CT molecular complexity index is 973. The number of phosphoric acid groups is 1. The van der Waals surface area contributed by atoms with Crippen molar-refractivity contribution < 1.29 is 37.9 Å². The van der Waals surface area contributed by atoms with Crippen LogP contribution in [0.1, 0.15) is 219 Å². The maximum Gasteiger partial charge on any atom is 0.469 e. The van der Waals surface area contributed by atoms with Crippen molar-refractivity contribution >= 4 is 19.8 Å². The number of hydrogen-bond acceptors (Lipinski definition) is 6. The monoisotopic (exact) mass is 783 g/mol. The van der Waals surface area contributed by atoms with Gasteiger partial charge in [-0.2, -0.15) is 0 Å². The third-order valence-corrected chi connectivity index (χ3v) is 10.1. The number of allylic oxidation sites excluding steroid dienone is 6. The van der Waals surface area contributed by atoms with Crippen LogP contribution in [0.25, 0.3) is 0 Å². The van der Waals surface area contributed by atoms with Crippen LogP contribution >= 0.6 is 7.82 Å². The Labute approximate surface area is 332 Å². The van der Waals surface area contributed by atoms with Gasteiger partial charge in [-0.15, -0.1) is 0 Å². The molecule has 54 heavy (non-hydrogen) atoms. The highest BCUT2D eigenvalue weighted by Gasteiger charge is 2.22. The fourth-order valence-electron chi connectivity index (χ4n) is 6.28.